The summed E-state index contributed by atoms with van der Waals surface area (Å²) in [6.45, 7) is 0. The van der Waals surface area contributed by atoms with Gasteiger partial charge in [-0.05, 0) is 0 Å². The molecule has 0 fully saturated rings. The smallest absolute Gasteiger partial charge is 1.00 e. The van der Waals surface area contributed by atoms with Crippen LogP contribution in [-0.4, -0.2) is 14.7 Å². The predicted octanol–water partition coefficient (Wildman–Crippen LogP) is -3.82. The molecule has 0 atom stereocenters. The van der Waals surface area contributed by atoms with Gasteiger partial charge in [-0.1, -0.05) is 0 Å². The third kappa shape index (κ3) is 76.9. The second-order valence-corrected chi connectivity index (χ2v) is 1.54. The van der Waals surface area contributed by atoms with Gasteiger partial charge in [-0.3, -0.25) is 0 Å². The molecule has 48 valence electrons. The Morgan fingerprint density at radius 3 is 1.25 bits per heavy atom. The molecule has 0 saturated carbocycles. The maximum atomic E-state index is 8.88. The molecule has 4 nitrogen and oxygen atoms in total. The van der Waals surface area contributed by atoms with Crippen molar-refractivity contribution in [1.29, 1.82) is 0 Å². The van der Waals surface area contributed by atoms with Gasteiger partial charge < -0.3 is 16.1 Å². The van der Waals surface area contributed by atoms with Crippen molar-refractivity contribution < 1.29 is 92.9 Å². The van der Waals surface area contributed by atoms with Gasteiger partial charge in [0, 0.05) is 42.7 Å². The average molecular weight is 272 g/mol. The van der Waals surface area contributed by atoms with Crippen LogP contribution in [0, 0.1) is 0 Å². The van der Waals surface area contributed by atoms with Crippen LogP contribution in [0.25, 0.3) is 0 Å². The molecular weight excluding hydrogens is 268 g/mol. The average Bonchev–Trinajstić information content (AvgIpc) is 0.722. The van der Waals surface area contributed by atoms with E-state index in [0.29, 0.717) is 0 Å². The van der Waals surface area contributed by atoms with Crippen molar-refractivity contribution in [3.05, 3.63) is 0 Å². The summed E-state index contributed by atoms with van der Waals surface area (Å²) in [6.07, 6.45) is 0. The fourth-order valence-electron chi connectivity index (χ4n) is 0. The fourth-order valence-corrected chi connectivity index (χ4v) is 0. The van der Waals surface area contributed by atoms with Crippen LogP contribution in [0.2, 0.25) is 0 Å². The quantitative estimate of drug-likeness (QED) is 0.312. The largest absolute Gasteiger partial charge is 1.00 e. The molecule has 0 saturated heterocycles. The Labute approximate surface area is 99.5 Å². The molecule has 0 radical (unpaired) electrons. The molecule has 0 heterocycles. The van der Waals surface area contributed by atoms with Crippen LogP contribution < -0.4 is 29.6 Å². The van der Waals surface area contributed by atoms with Gasteiger partial charge in [0.2, 0.25) is 0 Å². The van der Waals surface area contributed by atoms with Crippen molar-refractivity contribution in [2.75, 3.05) is 0 Å². The summed E-state index contributed by atoms with van der Waals surface area (Å²) in [5.74, 6) is 0. The Bertz CT molecular complexity index is 66.7. The van der Waals surface area contributed by atoms with Crippen LogP contribution in [0.4, 0.5) is 0 Å². The van der Waals surface area contributed by atoms with E-state index in [4.69, 9.17) is 19.2 Å². The summed E-state index contributed by atoms with van der Waals surface area (Å²) >= 11 is 0. The van der Waals surface area contributed by atoms with E-state index in [1.807, 2.05) is 0 Å². The van der Waals surface area contributed by atoms with Gasteiger partial charge in [-0.25, -0.2) is 4.57 Å². The van der Waals surface area contributed by atoms with Crippen LogP contribution in [-0.2, 0) is 47.3 Å². The van der Waals surface area contributed by atoms with E-state index in [9.17, 15) is 0 Å². The first-order valence-electron chi connectivity index (χ1n) is 0.783. The van der Waals surface area contributed by atoms with E-state index in [2.05, 4.69) is 0 Å². The van der Waals surface area contributed by atoms with Gasteiger partial charge in [0.15, 0.2) is 0 Å². The summed E-state index contributed by atoms with van der Waals surface area (Å²) in [6, 6.07) is 0. The fraction of sp³-hybridized carbons (Fsp3) is 0. The third-order valence-corrected chi connectivity index (χ3v) is 0. The molecule has 3 N–H and O–H groups in total. The van der Waals surface area contributed by atoms with Gasteiger partial charge in [0.1, 0.15) is 0 Å². The Kier molecular flexibility index (Phi) is 26.6. The molecule has 0 spiro atoms. The molecule has 0 aliphatic carbocycles. The molecule has 0 rings (SSSR count). The van der Waals surface area contributed by atoms with Gasteiger partial charge >= 0.3 is 37.4 Å². The SMILES string of the molecule is O=P(O)(O)O.[H-].[Na+].[Ni].[Zr]. The second kappa shape index (κ2) is 9.49. The molecule has 0 unspecified atom stereocenters. The van der Waals surface area contributed by atoms with Crippen LogP contribution in [0.1, 0.15) is 1.43 Å². The summed E-state index contributed by atoms with van der Waals surface area (Å²) < 4.78 is 8.88. The zero-order valence-corrected chi connectivity index (χ0v) is 10.4. The van der Waals surface area contributed by atoms with Crippen molar-refractivity contribution in [1.82, 2.24) is 0 Å². The third-order valence-electron chi connectivity index (χ3n) is 0. The molecular formula is H4NaNiO4PZr. The second-order valence-electron chi connectivity index (χ2n) is 0.513. The summed E-state index contributed by atoms with van der Waals surface area (Å²) in [7, 11) is -4.64. The van der Waals surface area contributed by atoms with Crippen molar-refractivity contribution >= 4 is 7.82 Å². The standard InChI is InChI=1S/Na.Ni.H3O4P.Zr.H/c;;1-5(2,3)4;;/h;;(H3,1,2,3,4);;/q+1;;;;-1. The van der Waals surface area contributed by atoms with E-state index in [-0.39, 0.29) is 73.7 Å². The first-order chi connectivity index (χ1) is 2.00. The maximum absolute atomic E-state index is 8.88. The number of rotatable bonds is 0. The molecule has 8 heteroatoms. The van der Waals surface area contributed by atoms with Crippen LogP contribution in [0.3, 0.4) is 0 Å². The summed E-state index contributed by atoms with van der Waals surface area (Å²) in [4.78, 5) is 21.6. The first-order valence-corrected chi connectivity index (χ1v) is 2.35. The van der Waals surface area contributed by atoms with E-state index in [1.165, 1.54) is 0 Å². The van der Waals surface area contributed by atoms with Gasteiger partial charge in [-0.15, -0.1) is 0 Å². The molecule has 0 aromatic rings. The predicted molar refractivity (Wildman–Crippen MR) is 15.4 cm³/mol. The molecule has 0 bridgehead atoms. The van der Waals surface area contributed by atoms with Crippen molar-refractivity contribution in [3.63, 3.8) is 0 Å². The van der Waals surface area contributed by atoms with Crippen molar-refractivity contribution in [2.24, 2.45) is 0 Å². The summed E-state index contributed by atoms with van der Waals surface area (Å²) in [5, 5.41) is 0. The zero-order chi connectivity index (χ0) is 4.50. The van der Waals surface area contributed by atoms with Gasteiger partial charge in [-0.2, -0.15) is 0 Å². The monoisotopic (exact) mass is 270 g/mol. The van der Waals surface area contributed by atoms with E-state index >= 15 is 0 Å². The number of hydrogen-bond acceptors (Lipinski definition) is 1. The van der Waals surface area contributed by atoms with E-state index < -0.39 is 7.82 Å². The van der Waals surface area contributed by atoms with Crippen molar-refractivity contribution in [2.45, 2.75) is 0 Å². The molecule has 0 aliphatic rings. The van der Waals surface area contributed by atoms with Crippen LogP contribution >= 0.6 is 7.82 Å². The van der Waals surface area contributed by atoms with Crippen LogP contribution in [0.15, 0.2) is 0 Å². The minimum atomic E-state index is -4.64. The molecule has 0 aliphatic heterocycles. The Morgan fingerprint density at radius 2 is 1.25 bits per heavy atom. The molecule has 8 heavy (non-hydrogen) atoms. The van der Waals surface area contributed by atoms with Gasteiger partial charge in [0.05, 0.1) is 0 Å². The Hall–Kier alpha value is 2.49. The maximum Gasteiger partial charge on any atom is 1.00 e. The molecule has 0 amide bonds. The minimum Gasteiger partial charge on any atom is -1.00 e. The zero-order valence-electron chi connectivity index (χ0n) is 5.01. The first kappa shape index (κ1) is 22.4. The Morgan fingerprint density at radius 1 is 1.25 bits per heavy atom. The Balaban J connectivity index is -0.0000000133. The normalized spacial score (nSPS) is 7.38. The molecule has 0 aromatic heterocycles. The minimum absolute atomic E-state index is 0. The molecule has 0 aromatic carbocycles. The van der Waals surface area contributed by atoms with E-state index in [1.54, 1.807) is 0 Å². The number of hydrogen-bond donors (Lipinski definition) is 3. The van der Waals surface area contributed by atoms with Gasteiger partial charge in [0.25, 0.3) is 0 Å². The topological polar surface area (TPSA) is 77.8 Å². The number of phosphoric acid groups is 1. The summed E-state index contributed by atoms with van der Waals surface area (Å²) in [5.41, 5.74) is 0. The van der Waals surface area contributed by atoms with Crippen molar-refractivity contribution in [3.8, 4) is 0 Å². The van der Waals surface area contributed by atoms with E-state index in [0.717, 1.165) is 0 Å². The van der Waals surface area contributed by atoms with Crippen LogP contribution in [0.5, 0.6) is 0 Å².